The van der Waals surface area contributed by atoms with Crippen molar-refractivity contribution in [1.82, 2.24) is 6.15 Å². The topological polar surface area (TPSA) is 75.5 Å². The van der Waals surface area contributed by atoms with Crippen LogP contribution in [0.5, 0.6) is 0 Å². The SMILES string of the molecule is CC(O)C(C)C(C)(C)O.N. The van der Waals surface area contributed by atoms with Crippen molar-refractivity contribution >= 4 is 0 Å². The highest BCUT2D eigenvalue weighted by Crippen LogP contribution is 2.18. The van der Waals surface area contributed by atoms with E-state index in [9.17, 15) is 5.11 Å². The highest BCUT2D eigenvalue weighted by atomic mass is 16.3. The Balaban J connectivity index is 0. The van der Waals surface area contributed by atoms with Crippen molar-refractivity contribution in [1.29, 1.82) is 0 Å². The van der Waals surface area contributed by atoms with Crippen LogP contribution in [0.4, 0.5) is 0 Å². The molecule has 10 heavy (non-hydrogen) atoms. The Hall–Kier alpha value is -0.120. The molecular weight excluding hydrogens is 130 g/mol. The maximum Gasteiger partial charge on any atom is 0.0641 e. The summed E-state index contributed by atoms with van der Waals surface area (Å²) in [4.78, 5) is 0. The zero-order valence-electron chi connectivity index (χ0n) is 7.26. The van der Waals surface area contributed by atoms with Gasteiger partial charge < -0.3 is 16.4 Å². The van der Waals surface area contributed by atoms with Gasteiger partial charge in [-0.25, -0.2) is 0 Å². The molecule has 2 atom stereocenters. The van der Waals surface area contributed by atoms with Gasteiger partial charge in [-0.1, -0.05) is 6.92 Å². The van der Waals surface area contributed by atoms with E-state index in [-0.39, 0.29) is 12.1 Å². The van der Waals surface area contributed by atoms with Crippen molar-refractivity contribution in [3.8, 4) is 0 Å². The summed E-state index contributed by atoms with van der Waals surface area (Å²) in [7, 11) is 0. The number of rotatable bonds is 2. The van der Waals surface area contributed by atoms with E-state index in [1.54, 1.807) is 20.8 Å². The average Bonchev–Trinajstić information content (AvgIpc) is 1.62. The number of aliphatic hydroxyl groups excluding tert-OH is 1. The normalized spacial score (nSPS) is 17.4. The second-order valence-electron chi connectivity index (χ2n) is 3.18. The van der Waals surface area contributed by atoms with Crippen LogP contribution in [0.25, 0.3) is 0 Å². The Labute approximate surface area is 62.7 Å². The quantitative estimate of drug-likeness (QED) is 0.547. The first-order valence-corrected chi connectivity index (χ1v) is 3.26. The predicted octanol–water partition coefficient (Wildman–Crippen LogP) is 0.936. The molecule has 0 saturated carbocycles. The molecule has 0 heterocycles. The molecule has 0 aliphatic rings. The summed E-state index contributed by atoms with van der Waals surface area (Å²) in [5.41, 5.74) is -0.770. The van der Waals surface area contributed by atoms with Crippen LogP contribution >= 0.6 is 0 Å². The Morgan fingerprint density at radius 1 is 1.20 bits per heavy atom. The largest absolute Gasteiger partial charge is 0.393 e. The summed E-state index contributed by atoms with van der Waals surface area (Å²) in [6.07, 6.45) is -0.440. The van der Waals surface area contributed by atoms with Crippen molar-refractivity contribution in [2.45, 2.75) is 39.4 Å². The summed E-state index contributed by atoms with van der Waals surface area (Å²) in [6, 6.07) is 0. The molecule has 2 unspecified atom stereocenters. The van der Waals surface area contributed by atoms with Crippen molar-refractivity contribution in [3.63, 3.8) is 0 Å². The molecule has 0 aromatic rings. The van der Waals surface area contributed by atoms with Gasteiger partial charge >= 0.3 is 0 Å². The third-order valence-corrected chi connectivity index (χ3v) is 1.84. The Bertz CT molecular complexity index is 86.1. The van der Waals surface area contributed by atoms with Crippen LogP contribution in [0.2, 0.25) is 0 Å². The van der Waals surface area contributed by atoms with Gasteiger partial charge in [0.1, 0.15) is 0 Å². The van der Waals surface area contributed by atoms with Crippen molar-refractivity contribution in [2.24, 2.45) is 5.92 Å². The van der Waals surface area contributed by atoms with E-state index in [1.165, 1.54) is 0 Å². The van der Waals surface area contributed by atoms with E-state index in [0.717, 1.165) is 0 Å². The van der Waals surface area contributed by atoms with E-state index in [2.05, 4.69) is 0 Å². The zero-order valence-corrected chi connectivity index (χ0v) is 7.26. The summed E-state index contributed by atoms with van der Waals surface area (Å²) >= 11 is 0. The second kappa shape index (κ2) is 3.91. The van der Waals surface area contributed by atoms with Gasteiger partial charge in [0.2, 0.25) is 0 Å². The Morgan fingerprint density at radius 3 is 1.50 bits per heavy atom. The lowest BCUT2D eigenvalue weighted by molar-refractivity contribution is -0.0310. The fraction of sp³-hybridized carbons (Fsp3) is 1.00. The van der Waals surface area contributed by atoms with Gasteiger partial charge in [-0.05, 0) is 20.8 Å². The molecule has 0 aliphatic carbocycles. The first-order chi connectivity index (χ1) is 3.85. The lowest BCUT2D eigenvalue weighted by atomic mass is 9.89. The first kappa shape index (κ1) is 12.5. The van der Waals surface area contributed by atoms with E-state index >= 15 is 0 Å². The third-order valence-electron chi connectivity index (χ3n) is 1.84. The van der Waals surface area contributed by atoms with E-state index in [0.29, 0.717) is 0 Å². The first-order valence-electron chi connectivity index (χ1n) is 3.26. The van der Waals surface area contributed by atoms with Crippen LogP contribution in [0.15, 0.2) is 0 Å². The minimum Gasteiger partial charge on any atom is -0.393 e. The van der Waals surface area contributed by atoms with Crippen molar-refractivity contribution in [3.05, 3.63) is 0 Å². The van der Waals surface area contributed by atoms with Crippen molar-refractivity contribution < 1.29 is 10.2 Å². The Morgan fingerprint density at radius 2 is 1.50 bits per heavy atom. The fourth-order valence-corrected chi connectivity index (χ4v) is 0.590. The molecule has 0 saturated heterocycles. The summed E-state index contributed by atoms with van der Waals surface area (Å²) in [6.45, 7) is 6.90. The van der Waals surface area contributed by atoms with Gasteiger partial charge in [0, 0.05) is 5.92 Å². The third kappa shape index (κ3) is 3.82. The summed E-state index contributed by atoms with van der Waals surface area (Å²) in [5.74, 6) is -0.0718. The van der Waals surface area contributed by atoms with Gasteiger partial charge in [0.15, 0.2) is 0 Å². The minimum absolute atomic E-state index is 0. The molecule has 0 bridgehead atoms. The smallest absolute Gasteiger partial charge is 0.0641 e. The van der Waals surface area contributed by atoms with Crippen LogP contribution in [-0.4, -0.2) is 21.9 Å². The van der Waals surface area contributed by atoms with Crippen molar-refractivity contribution in [2.75, 3.05) is 0 Å². The fourth-order valence-electron chi connectivity index (χ4n) is 0.590. The van der Waals surface area contributed by atoms with E-state index < -0.39 is 11.7 Å². The highest BCUT2D eigenvalue weighted by molar-refractivity contribution is 4.76. The maximum atomic E-state index is 9.30. The number of hydrogen-bond donors (Lipinski definition) is 3. The van der Waals surface area contributed by atoms with Gasteiger partial charge in [0.25, 0.3) is 0 Å². The predicted molar refractivity (Wildman–Crippen MR) is 42.2 cm³/mol. The molecule has 0 rings (SSSR count). The van der Waals surface area contributed by atoms with Crippen LogP contribution in [-0.2, 0) is 0 Å². The van der Waals surface area contributed by atoms with Crippen LogP contribution in [0.3, 0.4) is 0 Å². The van der Waals surface area contributed by atoms with Gasteiger partial charge in [-0.2, -0.15) is 0 Å². The molecule has 0 spiro atoms. The number of aliphatic hydroxyl groups is 2. The maximum absolute atomic E-state index is 9.30. The van der Waals surface area contributed by atoms with E-state index in [4.69, 9.17) is 5.11 Å². The summed E-state index contributed by atoms with van der Waals surface area (Å²) < 4.78 is 0. The zero-order chi connectivity index (χ0) is 7.65. The monoisotopic (exact) mass is 149 g/mol. The molecule has 0 radical (unpaired) electrons. The lowest BCUT2D eigenvalue weighted by Gasteiger charge is -2.27. The van der Waals surface area contributed by atoms with Crippen LogP contribution in [0, 0.1) is 5.92 Å². The highest BCUT2D eigenvalue weighted by Gasteiger charge is 2.25. The molecule has 5 N–H and O–H groups in total. The van der Waals surface area contributed by atoms with Gasteiger partial charge in [0.05, 0.1) is 11.7 Å². The second-order valence-corrected chi connectivity index (χ2v) is 3.18. The number of hydrogen-bond acceptors (Lipinski definition) is 3. The molecular formula is C7H19NO2. The molecule has 0 aliphatic heterocycles. The summed E-state index contributed by atoms with van der Waals surface area (Å²) in [5, 5.41) is 18.3. The van der Waals surface area contributed by atoms with Crippen LogP contribution in [0.1, 0.15) is 27.7 Å². The lowest BCUT2D eigenvalue weighted by Crippen LogP contribution is -2.35. The molecule has 3 nitrogen and oxygen atoms in total. The molecule has 0 amide bonds. The molecule has 0 aromatic carbocycles. The molecule has 64 valence electrons. The van der Waals surface area contributed by atoms with Gasteiger partial charge in [-0.15, -0.1) is 0 Å². The standard InChI is InChI=1S/C7H16O2.H3N/c1-5(6(2)8)7(3,4)9;/h5-6,8-9H,1-4H3;1H3. The average molecular weight is 149 g/mol. The molecule has 0 aromatic heterocycles. The molecule has 0 fully saturated rings. The Kier molecular flexibility index (Phi) is 4.90. The van der Waals surface area contributed by atoms with E-state index in [1.807, 2.05) is 6.92 Å². The minimum atomic E-state index is -0.770. The van der Waals surface area contributed by atoms with Gasteiger partial charge in [-0.3, -0.25) is 0 Å². The molecule has 3 heteroatoms. The van der Waals surface area contributed by atoms with Crippen LogP contribution < -0.4 is 6.15 Å².